The molecule has 0 saturated carbocycles. The lowest BCUT2D eigenvalue weighted by molar-refractivity contribution is 0.551. The number of hydrogen-bond acceptors (Lipinski definition) is 3. The fraction of sp³-hybridized carbons (Fsp3) is 0.467. The standard InChI is InChI=1S/C15H21ClN4/c1-3-8-17-10-12(9-15-18-11-19-20(15)2)13-6-4-5-7-14(13)16/h4-7,11-12,17H,3,8-10H2,1-2H3. The first kappa shape index (κ1) is 15.0. The van der Waals surface area contributed by atoms with Gasteiger partial charge < -0.3 is 5.32 Å². The predicted octanol–water partition coefficient (Wildman–Crippen LogP) is 2.79. The first-order chi connectivity index (χ1) is 9.72. The third kappa shape index (κ3) is 3.81. The van der Waals surface area contributed by atoms with Crippen molar-refractivity contribution < 1.29 is 0 Å². The molecule has 0 aliphatic heterocycles. The average molecular weight is 293 g/mol. The lowest BCUT2D eigenvalue weighted by Crippen LogP contribution is -2.24. The molecule has 1 unspecified atom stereocenters. The summed E-state index contributed by atoms with van der Waals surface area (Å²) in [6.45, 7) is 4.07. The van der Waals surface area contributed by atoms with E-state index in [1.54, 1.807) is 6.33 Å². The van der Waals surface area contributed by atoms with Gasteiger partial charge in [-0.05, 0) is 24.6 Å². The largest absolute Gasteiger partial charge is 0.316 e. The smallest absolute Gasteiger partial charge is 0.138 e. The number of benzene rings is 1. The lowest BCUT2D eigenvalue weighted by Gasteiger charge is -2.19. The second-order valence-corrected chi connectivity index (χ2v) is 5.33. The van der Waals surface area contributed by atoms with Crippen LogP contribution < -0.4 is 5.32 Å². The molecule has 0 saturated heterocycles. The van der Waals surface area contributed by atoms with Crippen LogP contribution in [0.4, 0.5) is 0 Å². The van der Waals surface area contributed by atoms with Crippen molar-refractivity contribution >= 4 is 11.6 Å². The molecular weight excluding hydrogens is 272 g/mol. The molecule has 2 rings (SSSR count). The maximum Gasteiger partial charge on any atom is 0.138 e. The molecule has 0 aliphatic carbocycles. The quantitative estimate of drug-likeness (QED) is 0.798. The summed E-state index contributed by atoms with van der Waals surface area (Å²) in [7, 11) is 1.92. The Morgan fingerprint density at radius 1 is 1.35 bits per heavy atom. The number of aromatic nitrogens is 3. The Labute approximate surface area is 125 Å². The van der Waals surface area contributed by atoms with Crippen LogP contribution in [0.1, 0.15) is 30.7 Å². The van der Waals surface area contributed by atoms with Crippen molar-refractivity contribution in [3.8, 4) is 0 Å². The van der Waals surface area contributed by atoms with E-state index in [1.165, 1.54) is 5.56 Å². The predicted molar refractivity (Wildman–Crippen MR) is 82.1 cm³/mol. The molecule has 1 aromatic carbocycles. The van der Waals surface area contributed by atoms with Crippen LogP contribution in [0.2, 0.25) is 5.02 Å². The van der Waals surface area contributed by atoms with E-state index < -0.39 is 0 Å². The highest BCUT2D eigenvalue weighted by Crippen LogP contribution is 2.26. The zero-order chi connectivity index (χ0) is 14.4. The molecule has 0 spiro atoms. The van der Waals surface area contributed by atoms with Crippen LogP contribution in [0, 0.1) is 0 Å². The zero-order valence-electron chi connectivity index (χ0n) is 12.0. The first-order valence-electron chi connectivity index (χ1n) is 7.00. The summed E-state index contributed by atoms with van der Waals surface area (Å²) in [5.74, 6) is 1.28. The number of halogens is 1. The van der Waals surface area contributed by atoms with Crippen molar-refractivity contribution in [1.29, 1.82) is 0 Å². The van der Waals surface area contributed by atoms with E-state index in [0.717, 1.165) is 36.8 Å². The average Bonchev–Trinajstić information content (AvgIpc) is 2.84. The Balaban J connectivity index is 2.16. The number of nitrogens with one attached hydrogen (secondary N) is 1. The van der Waals surface area contributed by atoms with Gasteiger partial charge in [-0.2, -0.15) is 5.10 Å². The number of rotatable bonds is 7. The van der Waals surface area contributed by atoms with Gasteiger partial charge in [0.2, 0.25) is 0 Å². The second-order valence-electron chi connectivity index (χ2n) is 4.93. The van der Waals surface area contributed by atoms with Gasteiger partial charge in [-0.15, -0.1) is 0 Å². The Morgan fingerprint density at radius 3 is 2.80 bits per heavy atom. The van der Waals surface area contributed by atoms with Crippen molar-refractivity contribution in [2.75, 3.05) is 13.1 Å². The normalized spacial score (nSPS) is 12.6. The van der Waals surface area contributed by atoms with Crippen LogP contribution in [0.15, 0.2) is 30.6 Å². The summed E-state index contributed by atoms with van der Waals surface area (Å²) in [6.07, 6.45) is 3.55. The van der Waals surface area contributed by atoms with E-state index in [2.05, 4.69) is 28.4 Å². The molecule has 0 fully saturated rings. The molecule has 0 aliphatic rings. The third-order valence-corrected chi connectivity index (χ3v) is 3.74. The fourth-order valence-electron chi connectivity index (χ4n) is 2.28. The molecule has 20 heavy (non-hydrogen) atoms. The Bertz CT molecular complexity index is 538. The van der Waals surface area contributed by atoms with Crippen molar-refractivity contribution in [3.63, 3.8) is 0 Å². The minimum Gasteiger partial charge on any atom is -0.316 e. The van der Waals surface area contributed by atoms with Crippen LogP contribution in [0.5, 0.6) is 0 Å². The van der Waals surface area contributed by atoms with Gasteiger partial charge in [0.05, 0.1) is 0 Å². The van der Waals surface area contributed by atoms with Gasteiger partial charge in [-0.3, -0.25) is 4.68 Å². The lowest BCUT2D eigenvalue weighted by atomic mass is 9.95. The van der Waals surface area contributed by atoms with Gasteiger partial charge in [0.15, 0.2) is 0 Å². The third-order valence-electron chi connectivity index (χ3n) is 3.40. The minimum atomic E-state index is 0.304. The van der Waals surface area contributed by atoms with Crippen LogP contribution in [0.25, 0.3) is 0 Å². The van der Waals surface area contributed by atoms with E-state index >= 15 is 0 Å². The van der Waals surface area contributed by atoms with Crippen molar-refractivity contribution in [2.45, 2.75) is 25.7 Å². The molecular formula is C15H21ClN4. The maximum absolute atomic E-state index is 6.34. The molecule has 1 N–H and O–H groups in total. The Kier molecular flexibility index (Phi) is 5.56. The summed E-state index contributed by atoms with van der Waals surface area (Å²) < 4.78 is 1.82. The molecule has 108 valence electrons. The van der Waals surface area contributed by atoms with Gasteiger partial charge in [-0.1, -0.05) is 36.7 Å². The second kappa shape index (κ2) is 7.41. The summed E-state index contributed by atoms with van der Waals surface area (Å²) in [4.78, 5) is 4.32. The minimum absolute atomic E-state index is 0.304. The molecule has 1 heterocycles. The highest BCUT2D eigenvalue weighted by Gasteiger charge is 2.17. The molecule has 1 atom stereocenters. The topological polar surface area (TPSA) is 42.7 Å². The van der Waals surface area contributed by atoms with Crippen molar-refractivity contribution in [1.82, 2.24) is 20.1 Å². The highest BCUT2D eigenvalue weighted by atomic mass is 35.5. The van der Waals surface area contributed by atoms with E-state index in [1.807, 2.05) is 29.9 Å². The van der Waals surface area contributed by atoms with Gasteiger partial charge in [0, 0.05) is 31.0 Å². The maximum atomic E-state index is 6.34. The molecule has 4 nitrogen and oxygen atoms in total. The Hall–Kier alpha value is -1.39. The molecule has 2 aromatic rings. The SMILES string of the molecule is CCCNCC(Cc1ncnn1C)c1ccccc1Cl. The van der Waals surface area contributed by atoms with E-state index in [-0.39, 0.29) is 0 Å². The van der Waals surface area contributed by atoms with E-state index in [0.29, 0.717) is 5.92 Å². The van der Waals surface area contributed by atoms with E-state index in [4.69, 9.17) is 11.6 Å². The molecule has 0 radical (unpaired) electrons. The highest BCUT2D eigenvalue weighted by molar-refractivity contribution is 6.31. The Morgan fingerprint density at radius 2 is 2.15 bits per heavy atom. The molecule has 0 amide bonds. The van der Waals surface area contributed by atoms with Crippen LogP contribution in [-0.4, -0.2) is 27.9 Å². The first-order valence-corrected chi connectivity index (χ1v) is 7.38. The molecule has 0 bridgehead atoms. The van der Waals surface area contributed by atoms with E-state index in [9.17, 15) is 0 Å². The van der Waals surface area contributed by atoms with Crippen molar-refractivity contribution in [3.05, 3.63) is 47.0 Å². The zero-order valence-corrected chi connectivity index (χ0v) is 12.8. The summed E-state index contributed by atoms with van der Waals surface area (Å²) in [5.41, 5.74) is 1.17. The number of aryl methyl sites for hydroxylation is 1. The van der Waals surface area contributed by atoms with Crippen LogP contribution >= 0.6 is 11.6 Å². The summed E-state index contributed by atoms with van der Waals surface area (Å²) >= 11 is 6.34. The molecule has 1 aromatic heterocycles. The van der Waals surface area contributed by atoms with Crippen molar-refractivity contribution in [2.24, 2.45) is 7.05 Å². The number of nitrogens with zero attached hydrogens (tertiary/aromatic N) is 3. The fourth-order valence-corrected chi connectivity index (χ4v) is 2.57. The monoisotopic (exact) mass is 292 g/mol. The molecule has 5 heteroatoms. The van der Waals surface area contributed by atoms with Crippen LogP contribution in [0.3, 0.4) is 0 Å². The summed E-state index contributed by atoms with van der Waals surface area (Å²) in [6, 6.07) is 8.03. The summed E-state index contributed by atoms with van der Waals surface area (Å²) in [5, 5.41) is 8.43. The van der Waals surface area contributed by atoms with Gasteiger partial charge in [0.25, 0.3) is 0 Å². The van der Waals surface area contributed by atoms with Gasteiger partial charge >= 0.3 is 0 Å². The number of hydrogen-bond donors (Lipinski definition) is 1. The van der Waals surface area contributed by atoms with Gasteiger partial charge in [-0.25, -0.2) is 4.98 Å². The van der Waals surface area contributed by atoms with Crippen LogP contribution in [-0.2, 0) is 13.5 Å². The van der Waals surface area contributed by atoms with Gasteiger partial charge in [0.1, 0.15) is 12.2 Å².